The van der Waals surface area contributed by atoms with E-state index in [1.807, 2.05) is 0 Å². The van der Waals surface area contributed by atoms with E-state index in [2.05, 4.69) is 82.5 Å². The standard InChI is InChI=1S/C27H32/c1-6-10-22(11-7-2)26-18-19(4)24-12-9-13-25(27(24)20(26)5)23-16-14-21(8-3)15-17-23/h9,12-18,22H,4-8,10-11H2,1-3H3. The molecule has 0 amide bonds. The lowest BCUT2D eigenvalue weighted by molar-refractivity contribution is 0.559. The molecule has 0 radical (unpaired) electrons. The molecule has 3 rings (SSSR count). The molecule has 0 aliphatic rings. The summed E-state index contributed by atoms with van der Waals surface area (Å²) in [6.45, 7) is 15.7. The maximum atomic E-state index is 4.57. The molecule has 0 unspecified atom stereocenters. The highest BCUT2D eigenvalue weighted by Crippen LogP contribution is 2.29. The van der Waals surface area contributed by atoms with Crippen LogP contribution in [0.25, 0.3) is 35.1 Å². The van der Waals surface area contributed by atoms with Gasteiger partial charge in [-0.05, 0) is 68.6 Å². The molecule has 0 heterocycles. The van der Waals surface area contributed by atoms with Gasteiger partial charge in [0.2, 0.25) is 0 Å². The summed E-state index contributed by atoms with van der Waals surface area (Å²) in [5.74, 6) is 0.577. The van der Waals surface area contributed by atoms with Crippen molar-refractivity contribution in [2.75, 3.05) is 0 Å². The van der Waals surface area contributed by atoms with Crippen LogP contribution in [0.15, 0.2) is 48.5 Å². The lowest BCUT2D eigenvalue weighted by atomic mass is 9.85. The number of aryl methyl sites for hydroxylation is 1. The second kappa shape index (κ2) is 8.57. The Labute approximate surface area is 164 Å². The first kappa shape index (κ1) is 19.4. The monoisotopic (exact) mass is 356 g/mol. The minimum absolute atomic E-state index is 0.577. The van der Waals surface area contributed by atoms with Gasteiger partial charge in [0.1, 0.15) is 0 Å². The van der Waals surface area contributed by atoms with Gasteiger partial charge in [-0.2, -0.15) is 0 Å². The van der Waals surface area contributed by atoms with Gasteiger partial charge in [0.05, 0.1) is 0 Å². The van der Waals surface area contributed by atoms with E-state index >= 15 is 0 Å². The summed E-state index contributed by atoms with van der Waals surface area (Å²) in [6, 6.07) is 17.8. The van der Waals surface area contributed by atoms with Crippen molar-refractivity contribution in [3.8, 4) is 11.1 Å². The quantitative estimate of drug-likeness (QED) is 0.449. The van der Waals surface area contributed by atoms with Crippen LogP contribution < -0.4 is 10.4 Å². The molecule has 27 heavy (non-hydrogen) atoms. The van der Waals surface area contributed by atoms with E-state index in [4.69, 9.17) is 0 Å². The van der Waals surface area contributed by atoms with Crippen LogP contribution in [0, 0.1) is 0 Å². The molecule has 3 aromatic rings. The van der Waals surface area contributed by atoms with Gasteiger partial charge in [-0.15, -0.1) is 0 Å². The van der Waals surface area contributed by atoms with Gasteiger partial charge in [0.15, 0.2) is 0 Å². The van der Waals surface area contributed by atoms with Crippen LogP contribution in [-0.2, 0) is 6.42 Å². The van der Waals surface area contributed by atoms with Crippen molar-refractivity contribution in [3.05, 3.63) is 70.1 Å². The average Bonchev–Trinajstić information content (AvgIpc) is 2.70. The van der Waals surface area contributed by atoms with Crippen LogP contribution >= 0.6 is 0 Å². The minimum Gasteiger partial charge on any atom is -0.0911 e. The van der Waals surface area contributed by atoms with Gasteiger partial charge in [-0.3, -0.25) is 0 Å². The first-order valence-electron chi connectivity index (χ1n) is 10.4. The average molecular weight is 357 g/mol. The van der Waals surface area contributed by atoms with Gasteiger partial charge in [0, 0.05) is 0 Å². The summed E-state index contributed by atoms with van der Waals surface area (Å²) >= 11 is 0. The number of rotatable bonds is 7. The van der Waals surface area contributed by atoms with Crippen molar-refractivity contribution in [1.29, 1.82) is 0 Å². The molecule has 140 valence electrons. The summed E-state index contributed by atoms with van der Waals surface area (Å²) in [5.41, 5.74) is 5.31. The molecule has 0 spiro atoms. The molecule has 0 N–H and O–H groups in total. The van der Waals surface area contributed by atoms with Gasteiger partial charge in [-0.1, -0.05) is 95.3 Å². The lowest BCUT2D eigenvalue weighted by Gasteiger charge is -2.19. The highest BCUT2D eigenvalue weighted by Gasteiger charge is 2.15. The van der Waals surface area contributed by atoms with E-state index < -0.39 is 0 Å². The Bertz CT molecular complexity index is 1000. The Morgan fingerprint density at radius 2 is 1.52 bits per heavy atom. The molecule has 0 atom stereocenters. The molecular formula is C27H32. The molecule has 0 nitrogen and oxygen atoms in total. The third-order valence-corrected chi connectivity index (χ3v) is 5.78. The van der Waals surface area contributed by atoms with E-state index in [1.165, 1.54) is 63.9 Å². The molecule has 0 saturated heterocycles. The normalized spacial score (nSPS) is 11.4. The van der Waals surface area contributed by atoms with E-state index in [1.54, 1.807) is 0 Å². The predicted molar refractivity (Wildman–Crippen MR) is 122 cm³/mol. The fourth-order valence-electron chi connectivity index (χ4n) is 4.32. The van der Waals surface area contributed by atoms with Crippen molar-refractivity contribution in [3.63, 3.8) is 0 Å². The molecule has 0 aliphatic heterocycles. The first-order chi connectivity index (χ1) is 13.1. The summed E-state index contributed by atoms with van der Waals surface area (Å²) < 4.78 is 0. The fraction of sp³-hybridized carbons (Fsp3) is 0.333. The maximum Gasteiger partial charge on any atom is -0.00301 e. The van der Waals surface area contributed by atoms with Crippen molar-refractivity contribution in [2.24, 2.45) is 0 Å². The number of fused-ring (bicyclic) bond motifs is 1. The van der Waals surface area contributed by atoms with Crippen LogP contribution in [0.5, 0.6) is 0 Å². The molecule has 0 aromatic heterocycles. The highest BCUT2D eigenvalue weighted by molar-refractivity contribution is 5.97. The minimum atomic E-state index is 0.577. The second-order valence-electron chi connectivity index (χ2n) is 7.66. The number of hydrogen-bond donors (Lipinski definition) is 0. The van der Waals surface area contributed by atoms with Crippen molar-refractivity contribution in [1.82, 2.24) is 0 Å². The molecule has 0 saturated carbocycles. The Balaban J connectivity index is 2.27. The third kappa shape index (κ3) is 3.86. The SMILES string of the molecule is C=c1cc(C(CCC)CCC)c(=C)c2c(-c3ccc(CC)cc3)cccc12. The third-order valence-electron chi connectivity index (χ3n) is 5.78. The molecule has 0 heteroatoms. The number of hydrogen-bond acceptors (Lipinski definition) is 0. The lowest BCUT2D eigenvalue weighted by Crippen LogP contribution is -2.19. The van der Waals surface area contributed by atoms with E-state index in [0.29, 0.717) is 5.92 Å². The summed E-state index contributed by atoms with van der Waals surface area (Å²) in [7, 11) is 0. The van der Waals surface area contributed by atoms with Crippen LogP contribution in [0.3, 0.4) is 0 Å². The van der Waals surface area contributed by atoms with Crippen LogP contribution in [-0.4, -0.2) is 0 Å². The van der Waals surface area contributed by atoms with Gasteiger partial charge in [0.25, 0.3) is 0 Å². The Morgan fingerprint density at radius 3 is 2.11 bits per heavy atom. The zero-order valence-corrected chi connectivity index (χ0v) is 17.1. The molecule has 0 bridgehead atoms. The van der Waals surface area contributed by atoms with Crippen molar-refractivity contribution < 1.29 is 0 Å². The maximum absolute atomic E-state index is 4.57. The van der Waals surface area contributed by atoms with Crippen LogP contribution in [0.4, 0.5) is 0 Å². The number of benzene rings is 3. The van der Waals surface area contributed by atoms with Gasteiger partial charge < -0.3 is 0 Å². The Hall–Kier alpha value is -2.34. The molecular weight excluding hydrogens is 324 g/mol. The molecule has 0 fully saturated rings. The first-order valence-corrected chi connectivity index (χ1v) is 10.4. The topological polar surface area (TPSA) is 0 Å². The molecule has 3 aromatic carbocycles. The largest absolute Gasteiger partial charge is 0.0911 e. The van der Waals surface area contributed by atoms with E-state index in [9.17, 15) is 0 Å². The van der Waals surface area contributed by atoms with Crippen molar-refractivity contribution in [2.45, 2.75) is 58.8 Å². The summed E-state index contributed by atoms with van der Waals surface area (Å²) in [4.78, 5) is 0. The summed E-state index contributed by atoms with van der Waals surface area (Å²) in [5, 5.41) is 4.82. The molecule has 0 aliphatic carbocycles. The summed E-state index contributed by atoms with van der Waals surface area (Å²) in [6.07, 6.45) is 5.91. The zero-order valence-electron chi connectivity index (χ0n) is 17.1. The van der Waals surface area contributed by atoms with Crippen LogP contribution in [0.2, 0.25) is 0 Å². The van der Waals surface area contributed by atoms with Gasteiger partial charge in [-0.25, -0.2) is 0 Å². The van der Waals surface area contributed by atoms with Crippen molar-refractivity contribution >= 4 is 23.9 Å². The second-order valence-corrected chi connectivity index (χ2v) is 7.66. The highest BCUT2D eigenvalue weighted by atomic mass is 14.2. The zero-order chi connectivity index (χ0) is 19.4. The Morgan fingerprint density at radius 1 is 0.852 bits per heavy atom. The van der Waals surface area contributed by atoms with E-state index in [0.717, 1.165) is 11.6 Å². The van der Waals surface area contributed by atoms with E-state index in [-0.39, 0.29) is 0 Å². The Kier molecular flexibility index (Phi) is 6.16. The predicted octanol–water partition coefficient (Wildman–Crippen LogP) is 6.57. The fourth-order valence-corrected chi connectivity index (χ4v) is 4.32. The van der Waals surface area contributed by atoms with Gasteiger partial charge >= 0.3 is 0 Å². The van der Waals surface area contributed by atoms with Crippen LogP contribution in [0.1, 0.15) is 63.5 Å². The smallest absolute Gasteiger partial charge is 0.00301 e.